The van der Waals surface area contributed by atoms with Crippen LogP contribution >= 0.6 is 0 Å². The van der Waals surface area contributed by atoms with E-state index >= 15 is 0 Å². The Balaban J connectivity index is 1.67. The predicted octanol–water partition coefficient (Wildman–Crippen LogP) is 3.66. The number of benzene rings is 2. The van der Waals surface area contributed by atoms with E-state index in [2.05, 4.69) is 16.1 Å². The molecule has 1 atom stereocenters. The quantitative estimate of drug-likeness (QED) is 0.848. The van der Waals surface area contributed by atoms with Crippen LogP contribution in [0.15, 0.2) is 47.4 Å². The summed E-state index contributed by atoms with van der Waals surface area (Å²) in [7, 11) is -3.66. The summed E-state index contributed by atoms with van der Waals surface area (Å²) in [6.07, 6.45) is 3.09. The van der Waals surface area contributed by atoms with E-state index in [0.29, 0.717) is 12.1 Å². The molecular formula is C21H24N2O3S. The van der Waals surface area contributed by atoms with Gasteiger partial charge in [-0.1, -0.05) is 38.1 Å². The summed E-state index contributed by atoms with van der Waals surface area (Å²) in [6, 6.07) is 12.8. The zero-order valence-electron chi connectivity index (χ0n) is 15.6. The molecule has 6 heteroatoms. The van der Waals surface area contributed by atoms with Gasteiger partial charge in [-0.2, -0.15) is 0 Å². The minimum Gasteiger partial charge on any atom is -0.326 e. The lowest BCUT2D eigenvalue weighted by Crippen LogP contribution is -2.34. The maximum atomic E-state index is 13.1. The van der Waals surface area contributed by atoms with Crippen LogP contribution in [0.3, 0.4) is 0 Å². The fourth-order valence-electron chi connectivity index (χ4n) is 4.18. The second-order valence-electron chi connectivity index (χ2n) is 8.08. The molecular weight excluding hydrogens is 360 g/mol. The largest absolute Gasteiger partial charge is 0.326 e. The minimum absolute atomic E-state index is 0.0416. The van der Waals surface area contributed by atoms with E-state index in [4.69, 9.17) is 0 Å². The molecule has 0 radical (unpaired) electrons. The highest BCUT2D eigenvalue weighted by Crippen LogP contribution is 2.38. The summed E-state index contributed by atoms with van der Waals surface area (Å²) >= 11 is 0. The Kier molecular flexibility index (Phi) is 4.35. The third kappa shape index (κ3) is 3.39. The lowest BCUT2D eigenvalue weighted by atomic mass is 9.78. The first-order chi connectivity index (χ1) is 12.8. The lowest BCUT2D eigenvalue weighted by Gasteiger charge is -2.32. The second-order valence-corrected chi connectivity index (χ2v) is 9.80. The number of carbonyl (C=O) groups is 1. The highest BCUT2D eigenvalue weighted by Gasteiger charge is 2.33. The number of rotatable bonds is 3. The van der Waals surface area contributed by atoms with Gasteiger partial charge in [0.05, 0.1) is 4.90 Å². The third-order valence-corrected chi connectivity index (χ3v) is 7.04. The maximum Gasteiger partial charge on any atom is 0.241 e. The molecule has 2 aliphatic rings. The fraction of sp³-hybridized carbons (Fsp3) is 0.381. The summed E-state index contributed by atoms with van der Waals surface area (Å²) in [4.78, 5) is 12.1. The highest BCUT2D eigenvalue weighted by atomic mass is 32.2. The summed E-state index contributed by atoms with van der Waals surface area (Å²) in [5.41, 5.74) is 3.43. The Labute approximate surface area is 160 Å². The van der Waals surface area contributed by atoms with Crippen LogP contribution in [0.4, 0.5) is 5.69 Å². The van der Waals surface area contributed by atoms with Gasteiger partial charge in [-0.05, 0) is 54.2 Å². The summed E-state index contributed by atoms with van der Waals surface area (Å²) in [5, 5.41) is 2.83. The highest BCUT2D eigenvalue weighted by molar-refractivity contribution is 7.89. The van der Waals surface area contributed by atoms with Gasteiger partial charge >= 0.3 is 0 Å². The van der Waals surface area contributed by atoms with Crippen molar-refractivity contribution in [2.75, 3.05) is 5.32 Å². The van der Waals surface area contributed by atoms with Crippen molar-refractivity contribution in [1.82, 2.24) is 4.72 Å². The molecule has 2 aromatic rings. The molecule has 4 rings (SSSR count). The first-order valence-electron chi connectivity index (χ1n) is 9.31. The Bertz CT molecular complexity index is 1010. The van der Waals surface area contributed by atoms with Crippen LogP contribution in [0.2, 0.25) is 0 Å². The molecule has 142 valence electrons. The SMILES string of the molecule is CC1(C)CC(=O)Nc2ccc(S(=O)(=O)NC3CCCc4ccccc43)cc21. The van der Waals surface area contributed by atoms with E-state index in [1.54, 1.807) is 18.2 Å². The number of carbonyl (C=O) groups excluding carboxylic acids is 1. The van der Waals surface area contributed by atoms with Crippen LogP contribution in [0, 0.1) is 0 Å². The van der Waals surface area contributed by atoms with E-state index in [1.165, 1.54) is 5.56 Å². The molecule has 0 aromatic heterocycles. The number of hydrogen-bond acceptors (Lipinski definition) is 3. The van der Waals surface area contributed by atoms with Crippen LogP contribution in [0.25, 0.3) is 0 Å². The zero-order valence-corrected chi connectivity index (χ0v) is 16.4. The number of aryl methyl sites for hydroxylation is 1. The second kappa shape index (κ2) is 6.46. The van der Waals surface area contributed by atoms with Crippen LogP contribution in [0.1, 0.15) is 55.8 Å². The summed E-state index contributed by atoms with van der Waals surface area (Å²) in [5.74, 6) is -0.0416. The molecule has 5 nitrogen and oxygen atoms in total. The van der Waals surface area contributed by atoms with Gasteiger partial charge < -0.3 is 5.32 Å². The molecule has 27 heavy (non-hydrogen) atoms. The van der Waals surface area contributed by atoms with Crippen molar-refractivity contribution in [2.45, 2.75) is 55.9 Å². The van der Waals surface area contributed by atoms with Crippen molar-refractivity contribution >= 4 is 21.6 Å². The number of nitrogens with one attached hydrogen (secondary N) is 2. The number of amides is 1. The van der Waals surface area contributed by atoms with E-state index < -0.39 is 15.4 Å². The van der Waals surface area contributed by atoms with Crippen molar-refractivity contribution in [3.63, 3.8) is 0 Å². The molecule has 0 fully saturated rings. The van der Waals surface area contributed by atoms with E-state index in [0.717, 1.165) is 30.4 Å². The van der Waals surface area contributed by atoms with Crippen molar-refractivity contribution in [2.24, 2.45) is 0 Å². The number of fused-ring (bicyclic) bond motifs is 2. The maximum absolute atomic E-state index is 13.1. The number of sulfonamides is 1. The van der Waals surface area contributed by atoms with Crippen LogP contribution < -0.4 is 10.0 Å². The Morgan fingerprint density at radius 2 is 1.93 bits per heavy atom. The molecule has 1 unspecified atom stereocenters. The van der Waals surface area contributed by atoms with Crippen molar-refractivity contribution in [3.05, 3.63) is 59.2 Å². The van der Waals surface area contributed by atoms with Gasteiger partial charge in [-0.15, -0.1) is 0 Å². The van der Waals surface area contributed by atoms with Crippen LogP contribution in [-0.4, -0.2) is 14.3 Å². The molecule has 2 N–H and O–H groups in total. The van der Waals surface area contributed by atoms with Crippen molar-refractivity contribution < 1.29 is 13.2 Å². The Morgan fingerprint density at radius 3 is 2.74 bits per heavy atom. The first kappa shape index (κ1) is 18.2. The smallest absolute Gasteiger partial charge is 0.241 e. The topological polar surface area (TPSA) is 75.3 Å². The van der Waals surface area contributed by atoms with Crippen molar-refractivity contribution in [3.8, 4) is 0 Å². The molecule has 0 saturated carbocycles. The van der Waals surface area contributed by atoms with Gasteiger partial charge in [-0.25, -0.2) is 13.1 Å². The number of hydrogen-bond donors (Lipinski definition) is 2. The van der Waals surface area contributed by atoms with Gasteiger partial charge in [-0.3, -0.25) is 4.79 Å². The monoisotopic (exact) mass is 384 g/mol. The Hall–Kier alpha value is -2.18. The van der Waals surface area contributed by atoms with Crippen molar-refractivity contribution in [1.29, 1.82) is 0 Å². The van der Waals surface area contributed by atoms with Gasteiger partial charge in [0, 0.05) is 23.6 Å². The van der Waals surface area contributed by atoms with Gasteiger partial charge in [0.1, 0.15) is 0 Å². The summed E-state index contributed by atoms with van der Waals surface area (Å²) < 4.78 is 29.0. The normalized spacial score (nSPS) is 21.1. The standard InChI is InChI=1S/C21H24N2O3S/c1-21(2)13-20(24)22-19-11-10-15(12-17(19)21)27(25,26)23-18-9-5-7-14-6-3-4-8-16(14)18/h3-4,6,8,10-12,18,23H,5,7,9,13H2,1-2H3,(H,22,24). The van der Waals surface area contributed by atoms with E-state index in [1.807, 2.05) is 32.0 Å². The molecule has 1 aliphatic heterocycles. The van der Waals surface area contributed by atoms with Crippen LogP contribution in [-0.2, 0) is 26.7 Å². The average Bonchev–Trinajstić information content (AvgIpc) is 2.60. The van der Waals surface area contributed by atoms with E-state index in [-0.39, 0.29) is 16.8 Å². The van der Waals surface area contributed by atoms with E-state index in [9.17, 15) is 13.2 Å². The summed E-state index contributed by atoms with van der Waals surface area (Å²) in [6.45, 7) is 3.93. The van der Waals surface area contributed by atoms with Crippen LogP contribution in [0.5, 0.6) is 0 Å². The zero-order chi connectivity index (χ0) is 19.2. The van der Waals surface area contributed by atoms with Gasteiger partial charge in [0.25, 0.3) is 0 Å². The molecule has 1 amide bonds. The molecule has 1 heterocycles. The Morgan fingerprint density at radius 1 is 1.15 bits per heavy atom. The number of anilines is 1. The van der Waals surface area contributed by atoms with Gasteiger partial charge in [0.15, 0.2) is 0 Å². The third-order valence-electron chi connectivity index (χ3n) is 5.57. The first-order valence-corrected chi connectivity index (χ1v) is 10.8. The predicted molar refractivity (Wildman–Crippen MR) is 105 cm³/mol. The minimum atomic E-state index is -3.66. The average molecular weight is 385 g/mol. The molecule has 0 bridgehead atoms. The lowest BCUT2D eigenvalue weighted by molar-refractivity contribution is -0.117. The van der Waals surface area contributed by atoms with Gasteiger partial charge in [0.2, 0.25) is 15.9 Å². The molecule has 0 spiro atoms. The molecule has 0 saturated heterocycles. The fourth-order valence-corrected chi connectivity index (χ4v) is 5.46. The molecule has 2 aromatic carbocycles. The molecule has 1 aliphatic carbocycles.